The predicted molar refractivity (Wildman–Crippen MR) is 112 cm³/mol. The fourth-order valence-electron chi connectivity index (χ4n) is 4.05. The number of aromatic amines is 1. The number of hydrogen-bond acceptors (Lipinski definition) is 5. The molecule has 4 rings (SSSR count). The van der Waals surface area contributed by atoms with Crippen molar-refractivity contribution >= 4 is 0 Å². The molecule has 0 spiro atoms. The van der Waals surface area contributed by atoms with Gasteiger partial charge in [-0.15, -0.1) is 0 Å². The highest BCUT2D eigenvalue weighted by molar-refractivity contribution is 5.33. The van der Waals surface area contributed by atoms with Crippen LogP contribution >= 0.6 is 0 Å². The van der Waals surface area contributed by atoms with Crippen molar-refractivity contribution in [2.45, 2.75) is 50.9 Å². The molecular weight excluding hydrogens is 478 g/mol. The number of benzene rings is 2. The number of morpholine rings is 1. The summed E-state index contributed by atoms with van der Waals surface area (Å²) in [6.45, 7) is 2.14. The molecule has 1 fully saturated rings. The Kier molecular flexibility index (Phi) is 7.15. The lowest BCUT2D eigenvalue weighted by atomic mass is 10.0. The van der Waals surface area contributed by atoms with Crippen molar-refractivity contribution in [1.82, 2.24) is 20.1 Å². The third-order valence-corrected chi connectivity index (χ3v) is 5.53. The molecule has 0 saturated carbocycles. The van der Waals surface area contributed by atoms with Crippen molar-refractivity contribution in [3.05, 3.63) is 82.9 Å². The first-order valence-corrected chi connectivity index (χ1v) is 10.7. The van der Waals surface area contributed by atoms with E-state index in [0.717, 1.165) is 5.56 Å². The summed E-state index contributed by atoms with van der Waals surface area (Å²) in [7, 11) is 0. The monoisotopic (exact) mass is 500 g/mol. The fraction of sp³-hybridized carbons (Fsp3) is 0.391. The Balaban J connectivity index is 1.62. The van der Waals surface area contributed by atoms with E-state index in [1.165, 1.54) is 6.33 Å². The summed E-state index contributed by atoms with van der Waals surface area (Å²) in [5, 5.41) is 6.63. The number of aromatic nitrogens is 3. The molecule has 1 saturated heterocycles. The van der Waals surface area contributed by atoms with Crippen molar-refractivity contribution < 1.29 is 35.8 Å². The van der Waals surface area contributed by atoms with Crippen molar-refractivity contribution in [1.29, 1.82) is 0 Å². The first-order chi connectivity index (χ1) is 16.5. The molecule has 2 heterocycles. The molecule has 3 atom stereocenters. The molecule has 0 radical (unpaired) electrons. The van der Waals surface area contributed by atoms with Gasteiger partial charge in [-0.2, -0.15) is 31.4 Å². The Bertz CT molecular complexity index is 1070. The minimum absolute atomic E-state index is 0.0919. The Hall–Kier alpha value is -2.96. The lowest BCUT2D eigenvalue weighted by molar-refractivity contribution is -0.242. The van der Waals surface area contributed by atoms with Gasteiger partial charge in [-0.1, -0.05) is 30.3 Å². The third-order valence-electron chi connectivity index (χ3n) is 5.53. The summed E-state index contributed by atoms with van der Waals surface area (Å²) < 4.78 is 91.3. The van der Waals surface area contributed by atoms with Crippen LogP contribution < -0.4 is 0 Å². The Morgan fingerprint density at radius 3 is 2.26 bits per heavy atom. The van der Waals surface area contributed by atoms with Crippen LogP contribution in [-0.2, 0) is 35.0 Å². The van der Waals surface area contributed by atoms with Gasteiger partial charge in [0.2, 0.25) is 0 Å². The van der Waals surface area contributed by atoms with Crippen LogP contribution in [0, 0.1) is 0 Å². The summed E-state index contributed by atoms with van der Waals surface area (Å²) in [4.78, 5) is 6.16. The number of hydrogen-bond donors (Lipinski definition) is 1. The second-order valence-corrected chi connectivity index (χ2v) is 8.26. The van der Waals surface area contributed by atoms with E-state index < -0.39 is 42.4 Å². The van der Waals surface area contributed by atoms with Gasteiger partial charge in [0, 0.05) is 6.54 Å². The van der Waals surface area contributed by atoms with Crippen molar-refractivity contribution in [3.8, 4) is 0 Å². The molecule has 1 aliphatic heterocycles. The molecule has 1 N–H and O–H groups in total. The molecule has 35 heavy (non-hydrogen) atoms. The van der Waals surface area contributed by atoms with Crippen LogP contribution in [0.4, 0.5) is 26.3 Å². The fourth-order valence-corrected chi connectivity index (χ4v) is 4.05. The van der Waals surface area contributed by atoms with Crippen molar-refractivity contribution in [2.24, 2.45) is 0 Å². The maximum atomic E-state index is 13.2. The highest BCUT2D eigenvalue weighted by Crippen LogP contribution is 2.38. The highest BCUT2D eigenvalue weighted by Gasteiger charge is 2.39. The van der Waals surface area contributed by atoms with E-state index in [1.54, 1.807) is 6.92 Å². The summed E-state index contributed by atoms with van der Waals surface area (Å²) in [6.07, 6.45) is -9.79. The molecule has 6 nitrogen and oxygen atoms in total. The van der Waals surface area contributed by atoms with E-state index in [0.29, 0.717) is 31.0 Å². The van der Waals surface area contributed by atoms with E-state index >= 15 is 0 Å². The normalized spacial score (nSPS) is 21.9. The molecular formula is C23H22F6N4O2. The quantitative estimate of drug-likeness (QED) is 0.463. The third kappa shape index (κ3) is 6.19. The van der Waals surface area contributed by atoms with Crippen LogP contribution in [0.2, 0.25) is 0 Å². The second kappa shape index (κ2) is 9.96. The number of halogens is 6. The van der Waals surface area contributed by atoms with Gasteiger partial charge in [0.15, 0.2) is 6.29 Å². The highest BCUT2D eigenvalue weighted by atomic mass is 19.4. The zero-order valence-electron chi connectivity index (χ0n) is 18.5. The van der Waals surface area contributed by atoms with Crippen LogP contribution in [-0.4, -0.2) is 39.0 Å². The standard InChI is InChI=1S/C23H22F6N4O2/c1-14-10-33(11-19-30-13-31-32-19)20(16-5-3-2-4-6-16)21(35-14)34-12-15-7-17(22(24,25)26)9-18(8-15)23(27,28)29/h2-9,13-14,20-21H,10-12H2,1H3,(H,30,31,32). The first-order valence-electron chi connectivity index (χ1n) is 10.7. The Morgan fingerprint density at radius 1 is 1.03 bits per heavy atom. The van der Waals surface area contributed by atoms with Gasteiger partial charge in [0.25, 0.3) is 0 Å². The minimum atomic E-state index is -4.94. The first kappa shape index (κ1) is 25.1. The molecule has 2 aromatic carbocycles. The van der Waals surface area contributed by atoms with Gasteiger partial charge in [0.1, 0.15) is 12.2 Å². The minimum Gasteiger partial charge on any atom is -0.346 e. The van der Waals surface area contributed by atoms with Gasteiger partial charge in [-0.25, -0.2) is 4.98 Å². The predicted octanol–water partition coefficient (Wildman–Crippen LogP) is 5.35. The van der Waals surface area contributed by atoms with E-state index in [4.69, 9.17) is 9.47 Å². The molecule has 3 unspecified atom stereocenters. The summed E-state index contributed by atoms with van der Waals surface area (Å²) in [6, 6.07) is 10.1. The van der Waals surface area contributed by atoms with E-state index in [9.17, 15) is 26.3 Å². The molecule has 0 bridgehead atoms. The van der Waals surface area contributed by atoms with Crippen LogP contribution in [0.25, 0.3) is 0 Å². The summed E-state index contributed by atoms with van der Waals surface area (Å²) in [5.74, 6) is 0.589. The van der Waals surface area contributed by atoms with Gasteiger partial charge in [0.05, 0.1) is 36.4 Å². The van der Waals surface area contributed by atoms with Crippen LogP contribution in [0.1, 0.15) is 41.0 Å². The van der Waals surface area contributed by atoms with Crippen molar-refractivity contribution in [2.75, 3.05) is 6.54 Å². The van der Waals surface area contributed by atoms with Gasteiger partial charge in [-0.3, -0.25) is 10.00 Å². The topological polar surface area (TPSA) is 63.3 Å². The average Bonchev–Trinajstić information content (AvgIpc) is 3.30. The van der Waals surface area contributed by atoms with Crippen LogP contribution in [0.15, 0.2) is 54.9 Å². The Labute approximate surface area is 196 Å². The number of rotatable bonds is 6. The largest absolute Gasteiger partial charge is 0.416 e. The molecule has 1 aromatic heterocycles. The maximum Gasteiger partial charge on any atom is 0.416 e. The smallest absolute Gasteiger partial charge is 0.346 e. The summed E-state index contributed by atoms with van der Waals surface area (Å²) >= 11 is 0. The zero-order valence-corrected chi connectivity index (χ0v) is 18.5. The lowest BCUT2D eigenvalue weighted by Crippen LogP contribution is -2.49. The molecule has 0 amide bonds. The zero-order chi connectivity index (χ0) is 25.2. The molecule has 188 valence electrons. The van der Waals surface area contributed by atoms with Gasteiger partial charge < -0.3 is 9.47 Å². The molecule has 12 heteroatoms. The number of H-pyrrole nitrogens is 1. The van der Waals surface area contributed by atoms with Crippen LogP contribution in [0.3, 0.4) is 0 Å². The molecule has 0 aliphatic carbocycles. The second-order valence-electron chi connectivity index (χ2n) is 8.26. The lowest BCUT2D eigenvalue weighted by Gasteiger charge is -2.43. The maximum absolute atomic E-state index is 13.2. The average molecular weight is 500 g/mol. The number of nitrogens with one attached hydrogen (secondary N) is 1. The van der Waals surface area contributed by atoms with Gasteiger partial charge >= 0.3 is 12.4 Å². The van der Waals surface area contributed by atoms with E-state index in [-0.39, 0.29) is 17.7 Å². The number of nitrogens with zero attached hydrogens (tertiary/aromatic N) is 3. The molecule has 3 aromatic rings. The SMILES string of the molecule is CC1CN(Cc2ncn[nH]2)C(c2ccccc2)C(OCc2cc(C(F)(F)F)cc(C(F)(F)F)c2)O1. The van der Waals surface area contributed by atoms with Crippen LogP contribution in [0.5, 0.6) is 0 Å². The molecule has 1 aliphatic rings. The Morgan fingerprint density at radius 2 is 1.69 bits per heavy atom. The van der Waals surface area contributed by atoms with E-state index in [2.05, 4.69) is 15.2 Å². The number of ether oxygens (including phenoxy) is 2. The van der Waals surface area contributed by atoms with E-state index in [1.807, 2.05) is 35.2 Å². The van der Waals surface area contributed by atoms with Crippen molar-refractivity contribution in [3.63, 3.8) is 0 Å². The van der Waals surface area contributed by atoms with Gasteiger partial charge in [-0.05, 0) is 36.2 Å². The summed E-state index contributed by atoms with van der Waals surface area (Å²) in [5.41, 5.74) is -2.24. The number of alkyl halides is 6.